The summed E-state index contributed by atoms with van der Waals surface area (Å²) in [6.45, 7) is 2.64. The molecule has 4 aromatic rings. The molecule has 1 atom stereocenters. The van der Waals surface area contributed by atoms with Gasteiger partial charge in [-0.3, -0.25) is 13.9 Å². The van der Waals surface area contributed by atoms with Crippen LogP contribution < -0.4 is 9.62 Å². The topological polar surface area (TPSA) is 86.8 Å². The van der Waals surface area contributed by atoms with Crippen molar-refractivity contribution in [3.8, 4) is 0 Å². The lowest BCUT2D eigenvalue weighted by molar-refractivity contribution is -0.139. The Morgan fingerprint density at radius 2 is 1.56 bits per heavy atom. The molecule has 1 N–H and O–H groups in total. The van der Waals surface area contributed by atoms with Gasteiger partial charge in [-0.2, -0.15) is 0 Å². The van der Waals surface area contributed by atoms with Crippen LogP contribution in [0.5, 0.6) is 0 Å². The zero-order chi connectivity index (χ0) is 31.1. The van der Waals surface area contributed by atoms with Gasteiger partial charge in [0, 0.05) is 30.6 Å². The van der Waals surface area contributed by atoms with Crippen molar-refractivity contribution in [3.63, 3.8) is 0 Å². The number of sulfonamides is 1. The third-order valence-electron chi connectivity index (χ3n) is 7.13. The minimum Gasteiger partial charge on any atom is -0.357 e. The predicted molar refractivity (Wildman–Crippen MR) is 167 cm³/mol. The number of carbonyl (C=O) groups is 2. The molecule has 2 amide bonds. The maximum atomic E-state index is 14.9. The molecule has 0 bridgehead atoms. The van der Waals surface area contributed by atoms with Crippen molar-refractivity contribution >= 4 is 39.1 Å². The molecule has 0 saturated heterocycles. The highest BCUT2D eigenvalue weighted by Crippen LogP contribution is 2.30. The first-order valence-electron chi connectivity index (χ1n) is 13.6. The molecule has 0 saturated carbocycles. The average molecular weight is 622 g/mol. The Labute approximate surface area is 257 Å². The second-order valence-electron chi connectivity index (χ2n) is 10.2. The van der Waals surface area contributed by atoms with Crippen LogP contribution in [0.1, 0.15) is 22.3 Å². The third kappa shape index (κ3) is 7.60. The fraction of sp³-hybridized carbons (Fsp3) is 0.212. The highest BCUT2D eigenvalue weighted by Gasteiger charge is 2.35. The van der Waals surface area contributed by atoms with Crippen LogP contribution in [-0.4, -0.2) is 44.8 Å². The van der Waals surface area contributed by atoms with Gasteiger partial charge in [-0.25, -0.2) is 12.8 Å². The molecule has 0 radical (unpaired) electrons. The Hall–Kier alpha value is -4.21. The van der Waals surface area contributed by atoms with Gasteiger partial charge in [-0.05, 0) is 61.4 Å². The second-order valence-corrected chi connectivity index (χ2v) is 12.5. The van der Waals surface area contributed by atoms with Crippen LogP contribution in [0.15, 0.2) is 102 Å². The van der Waals surface area contributed by atoms with Crippen molar-refractivity contribution in [1.29, 1.82) is 0 Å². The van der Waals surface area contributed by atoms with E-state index in [2.05, 4.69) is 5.32 Å². The number of amides is 2. The zero-order valence-corrected chi connectivity index (χ0v) is 25.7. The van der Waals surface area contributed by atoms with Gasteiger partial charge < -0.3 is 10.2 Å². The number of anilines is 1. The maximum Gasteiger partial charge on any atom is 0.264 e. The summed E-state index contributed by atoms with van der Waals surface area (Å²) in [6, 6.07) is 25.0. The molecule has 4 aromatic carbocycles. The minimum atomic E-state index is -4.26. The molecule has 7 nitrogen and oxygen atoms in total. The number of hydrogen-bond donors (Lipinski definition) is 1. The van der Waals surface area contributed by atoms with E-state index in [9.17, 15) is 22.4 Å². The van der Waals surface area contributed by atoms with E-state index >= 15 is 0 Å². The van der Waals surface area contributed by atoms with E-state index < -0.39 is 40.2 Å². The standard InChI is InChI=1S/C33H33ClFN3O4S/c1-23-13-16-28(17-14-23)43(41,42)38(30-18-15-27(34)19-24(30)2)22-32(39)37(21-26-11-7-8-12-29(26)35)31(33(40)36-3)20-25-9-5-4-6-10-25/h4-19,31H,20-22H2,1-3H3,(H,36,40)/t31-/m0/s1. The SMILES string of the molecule is CNC(=O)[C@H](Cc1ccccc1)N(Cc1ccccc1F)C(=O)CN(c1ccc(Cl)cc1C)S(=O)(=O)c1ccc(C)cc1. The Morgan fingerprint density at radius 1 is 0.907 bits per heavy atom. The second kappa shape index (κ2) is 13.8. The lowest BCUT2D eigenvalue weighted by Gasteiger charge is -2.34. The van der Waals surface area contributed by atoms with Crippen LogP contribution in [0.3, 0.4) is 0 Å². The van der Waals surface area contributed by atoms with Gasteiger partial charge in [0.25, 0.3) is 10.0 Å². The van der Waals surface area contributed by atoms with Crippen molar-refractivity contribution in [3.05, 3.63) is 130 Å². The van der Waals surface area contributed by atoms with E-state index in [1.807, 2.05) is 37.3 Å². The molecule has 0 aliphatic rings. The van der Waals surface area contributed by atoms with Crippen LogP contribution >= 0.6 is 11.6 Å². The zero-order valence-electron chi connectivity index (χ0n) is 24.1. The van der Waals surface area contributed by atoms with Crippen LogP contribution in [0, 0.1) is 19.7 Å². The average Bonchev–Trinajstić information content (AvgIpc) is 2.99. The lowest BCUT2D eigenvalue weighted by Crippen LogP contribution is -2.53. The van der Waals surface area contributed by atoms with Gasteiger partial charge in [0.15, 0.2) is 0 Å². The van der Waals surface area contributed by atoms with E-state index in [-0.39, 0.29) is 29.1 Å². The van der Waals surface area contributed by atoms with Gasteiger partial charge in [0.1, 0.15) is 18.4 Å². The molecular formula is C33H33ClFN3O4S. The fourth-order valence-electron chi connectivity index (χ4n) is 4.78. The number of nitrogens with one attached hydrogen (secondary N) is 1. The number of likely N-dealkylation sites (N-methyl/N-ethyl adjacent to an activating group) is 1. The number of carbonyl (C=O) groups excluding carboxylic acids is 2. The number of rotatable bonds is 11. The van der Waals surface area contributed by atoms with Crippen molar-refractivity contribution in [2.24, 2.45) is 0 Å². The summed E-state index contributed by atoms with van der Waals surface area (Å²) in [5.74, 6) is -1.70. The van der Waals surface area contributed by atoms with Gasteiger partial charge >= 0.3 is 0 Å². The molecule has 0 aromatic heterocycles. The number of aryl methyl sites for hydroxylation is 2. The van der Waals surface area contributed by atoms with Gasteiger partial charge in [0.05, 0.1) is 10.6 Å². The summed E-state index contributed by atoms with van der Waals surface area (Å²) in [5, 5.41) is 3.02. The van der Waals surface area contributed by atoms with E-state index in [4.69, 9.17) is 11.6 Å². The number of benzene rings is 4. The molecule has 0 aliphatic heterocycles. The Kier molecular flexibility index (Phi) is 10.2. The summed E-state index contributed by atoms with van der Waals surface area (Å²) in [4.78, 5) is 28.8. The van der Waals surface area contributed by atoms with Crippen LogP contribution in [-0.2, 0) is 32.6 Å². The largest absolute Gasteiger partial charge is 0.357 e. The summed E-state index contributed by atoms with van der Waals surface area (Å²) in [6.07, 6.45) is 0.130. The molecular weight excluding hydrogens is 589 g/mol. The van der Waals surface area contributed by atoms with Gasteiger partial charge in [0.2, 0.25) is 11.8 Å². The van der Waals surface area contributed by atoms with E-state index in [0.29, 0.717) is 10.6 Å². The monoisotopic (exact) mass is 621 g/mol. The Bertz CT molecular complexity index is 1700. The summed E-state index contributed by atoms with van der Waals surface area (Å²) in [7, 11) is -2.80. The molecule has 0 spiro atoms. The van der Waals surface area contributed by atoms with E-state index in [0.717, 1.165) is 15.4 Å². The minimum absolute atomic E-state index is 0.00644. The van der Waals surface area contributed by atoms with E-state index in [1.165, 1.54) is 48.3 Å². The van der Waals surface area contributed by atoms with E-state index in [1.54, 1.807) is 37.3 Å². The highest BCUT2D eigenvalue weighted by molar-refractivity contribution is 7.92. The van der Waals surface area contributed by atoms with Gasteiger partial charge in [-0.15, -0.1) is 0 Å². The van der Waals surface area contributed by atoms with Crippen molar-refractivity contribution in [2.75, 3.05) is 17.9 Å². The van der Waals surface area contributed by atoms with Crippen molar-refractivity contribution in [2.45, 2.75) is 37.8 Å². The lowest BCUT2D eigenvalue weighted by atomic mass is 10.0. The molecule has 0 unspecified atom stereocenters. The maximum absolute atomic E-state index is 14.9. The Balaban J connectivity index is 1.82. The van der Waals surface area contributed by atoms with Crippen molar-refractivity contribution in [1.82, 2.24) is 10.2 Å². The molecule has 10 heteroatoms. The third-order valence-corrected chi connectivity index (χ3v) is 9.14. The molecule has 0 fully saturated rings. The fourth-order valence-corrected chi connectivity index (χ4v) is 6.49. The first-order valence-corrected chi connectivity index (χ1v) is 15.5. The summed E-state index contributed by atoms with van der Waals surface area (Å²) in [5.41, 5.74) is 2.62. The van der Waals surface area contributed by atoms with Crippen molar-refractivity contribution < 1.29 is 22.4 Å². The first kappa shape index (κ1) is 31.7. The highest BCUT2D eigenvalue weighted by atomic mass is 35.5. The first-order chi connectivity index (χ1) is 20.5. The van der Waals surface area contributed by atoms with Gasteiger partial charge in [-0.1, -0.05) is 77.8 Å². The predicted octanol–water partition coefficient (Wildman–Crippen LogP) is 5.68. The summed E-state index contributed by atoms with van der Waals surface area (Å²) < 4.78 is 44.1. The number of nitrogens with zero attached hydrogens (tertiary/aromatic N) is 2. The molecule has 224 valence electrons. The molecule has 0 aliphatic carbocycles. The van der Waals surface area contributed by atoms with Crippen LogP contribution in [0.2, 0.25) is 5.02 Å². The molecule has 4 rings (SSSR count). The Morgan fingerprint density at radius 3 is 2.19 bits per heavy atom. The number of halogens is 2. The number of hydrogen-bond acceptors (Lipinski definition) is 4. The quantitative estimate of drug-likeness (QED) is 0.234. The molecule has 0 heterocycles. The molecule has 43 heavy (non-hydrogen) atoms. The smallest absolute Gasteiger partial charge is 0.264 e. The normalized spacial score (nSPS) is 11.9. The summed E-state index contributed by atoms with van der Waals surface area (Å²) >= 11 is 6.18. The van der Waals surface area contributed by atoms with Crippen LogP contribution in [0.4, 0.5) is 10.1 Å². The van der Waals surface area contributed by atoms with Crippen LogP contribution in [0.25, 0.3) is 0 Å².